The number of ether oxygens (including phenoxy) is 1. The van der Waals surface area contributed by atoms with Crippen LogP contribution in [0, 0.1) is 0 Å². The van der Waals surface area contributed by atoms with Crippen LogP contribution in [0.5, 0.6) is 0 Å². The lowest BCUT2D eigenvalue weighted by atomic mass is 10.00. The number of likely N-dealkylation sites (tertiary alicyclic amines) is 1. The number of benzene rings is 1. The number of aromatic nitrogens is 3. The molecule has 0 radical (unpaired) electrons. The third kappa shape index (κ3) is 4.79. The number of carbonyl (C=O) groups is 1. The highest BCUT2D eigenvalue weighted by Gasteiger charge is 2.26. The van der Waals surface area contributed by atoms with Crippen molar-refractivity contribution in [2.75, 3.05) is 26.8 Å². The summed E-state index contributed by atoms with van der Waals surface area (Å²) < 4.78 is 12.6. The van der Waals surface area contributed by atoms with Gasteiger partial charge in [0, 0.05) is 26.1 Å². The topological polar surface area (TPSA) is 73.4 Å². The summed E-state index contributed by atoms with van der Waals surface area (Å²) in [5, 5.41) is 4.76. The van der Waals surface area contributed by atoms with Crippen LogP contribution in [0.25, 0.3) is 11.6 Å². The zero-order valence-corrected chi connectivity index (χ0v) is 17.4. The Kier molecular flexibility index (Phi) is 6.59. The van der Waals surface area contributed by atoms with E-state index in [2.05, 4.69) is 12.1 Å². The monoisotopic (exact) mass is 408 g/mol. The predicted molar refractivity (Wildman–Crippen MR) is 113 cm³/mol. The van der Waals surface area contributed by atoms with Crippen LogP contribution < -0.4 is 0 Å². The number of methoxy groups -OCH3 is 1. The minimum absolute atomic E-state index is 0.166. The van der Waals surface area contributed by atoms with Gasteiger partial charge in [0.1, 0.15) is 5.82 Å². The highest BCUT2D eigenvalue weighted by Crippen LogP contribution is 2.29. The normalized spacial score (nSPS) is 17.1. The Labute approximate surface area is 176 Å². The van der Waals surface area contributed by atoms with Crippen LogP contribution in [-0.2, 0) is 16.1 Å². The minimum atomic E-state index is 0.166. The van der Waals surface area contributed by atoms with Gasteiger partial charge in [0.25, 0.3) is 0 Å². The Bertz CT molecular complexity index is 937. The van der Waals surface area contributed by atoms with E-state index in [1.165, 1.54) is 5.56 Å². The van der Waals surface area contributed by atoms with Crippen molar-refractivity contribution in [3.63, 3.8) is 0 Å². The van der Waals surface area contributed by atoms with Gasteiger partial charge in [-0.2, -0.15) is 0 Å². The van der Waals surface area contributed by atoms with Gasteiger partial charge in [-0.1, -0.05) is 30.3 Å². The summed E-state index contributed by atoms with van der Waals surface area (Å²) in [7, 11) is 1.63. The first-order valence-corrected chi connectivity index (χ1v) is 10.5. The van der Waals surface area contributed by atoms with E-state index in [0.29, 0.717) is 31.2 Å². The van der Waals surface area contributed by atoms with Crippen molar-refractivity contribution in [1.82, 2.24) is 19.7 Å². The molecular formula is C23H28N4O3. The van der Waals surface area contributed by atoms with Crippen LogP contribution >= 0.6 is 0 Å². The van der Waals surface area contributed by atoms with Crippen molar-refractivity contribution < 1.29 is 13.9 Å². The number of carbonyl (C=O) groups excluding carboxylic acids is 1. The molecule has 7 heteroatoms. The van der Waals surface area contributed by atoms with E-state index < -0.39 is 0 Å². The summed E-state index contributed by atoms with van der Waals surface area (Å²) in [6.07, 6.45) is 4.90. The SMILES string of the molecule is COCCC(=O)N1CCCC(c2nc(-c3ccco3)nn2Cc2ccccc2)CC1. The Morgan fingerprint density at radius 1 is 1.17 bits per heavy atom. The second kappa shape index (κ2) is 9.71. The number of rotatable bonds is 7. The van der Waals surface area contributed by atoms with Gasteiger partial charge in [-0.3, -0.25) is 4.79 Å². The van der Waals surface area contributed by atoms with Gasteiger partial charge < -0.3 is 14.1 Å². The first-order chi connectivity index (χ1) is 14.7. The van der Waals surface area contributed by atoms with Crippen LogP contribution in [0.3, 0.4) is 0 Å². The Hall–Kier alpha value is -2.93. The van der Waals surface area contributed by atoms with E-state index in [0.717, 1.165) is 38.2 Å². The van der Waals surface area contributed by atoms with Crippen molar-refractivity contribution in [2.45, 2.75) is 38.1 Å². The van der Waals surface area contributed by atoms with Crippen molar-refractivity contribution in [2.24, 2.45) is 0 Å². The van der Waals surface area contributed by atoms with Gasteiger partial charge in [-0.05, 0) is 37.0 Å². The average Bonchev–Trinajstić information content (AvgIpc) is 3.38. The molecule has 3 aromatic rings. The van der Waals surface area contributed by atoms with E-state index in [9.17, 15) is 4.79 Å². The molecule has 1 aliphatic rings. The predicted octanol–water partition coefficient (Wildman–Crippen LogP) is 3.72. The molecule has 1 fully saturated rings. The molecule has 0 N–H and O–H groups in total. The van der Waals surface area contributed by atoms with Gasteiger partial charge in [0.2, 0.25) is 11.7 Å². The second-order valence-corrected chi connectivity index (χ2v) is 7.67. The maximum Gasteiger partial charge on any atom is 0.224 e. The van der Waals surface area contributed by atoms with Crippen LogP contribution in [0.2, 0.25) is 0 Å². The highest BCUT2D eigenvalue weighted by molar-refractivity contribution is 5.76. The molecule has 3 heterocycles. The standard InChI is InChI=1S/C23H28N4O3/c1-29-16-12-21(28)26-13-5-9-19(11-14-26)23-24-22(20-10-6-15-30-20)25-27(23)17-18-7-3-2-4-8-18/h2-4,6-8,10,15,19H,5,9,11-14,16-17H2,1H3. The van der Waals surface area contributed by atoms with Crippen molar-refractivity contribution in [3.05, 3.63) is 60.1 Å². The third-order valence-electron chi connectivity index (χ3n) is 5.58. The fourth-order valence-electron chi connectivity index (χ4n) is 3.99. The first kappa shape index (κ1) is 20.3. The lowest BCUT2D eigenvalue weighted by Gasteiger charge is -2.20. The molecule has 1 unspecified atom stereocenters. The number of hydrogen-bond donors (Lipinski definition) is 0. The molecule has 4 rings (SSSR count). The lowest BCUT2D eigenvalue weighted by molar-refractivity contribution is -0.132. The van der Waals surface area contributed by atoms with Crippen LogP contribution in [0.15, 0.2) is 53.1 Å². The van der Waals surface area contributed by atoms with Crippen molar-refractivity contribution in [3.8, 4) is 11.6 Å². The van der Waals surface area contributed by atoms with Crippen molar-refractivity contribution >= 4 is 5.91 Å². The maximum atomic E-state index is 12.4. The number of furan rings is 1. The van der Waals surface area contributed by atoms with E-state index in [1.54, 1.807) is 13.4 Å². The minimum Gasteiger partial charge on any atom is -0.461 e. The zero-order valence-electron chi connectivity index (χ0n) is 17.4. The Morgan fingerprint density at radius 2 is 2.03 bits per heavy atom. The highest BCUT2D eigenvalue weighted by atomic mass is 16.5. The summed E-state index contributed by atoms with van der Waals surface area (Å²) in [6.45, 7) is 2.66. The van der Waals surface area contributed by atoms with Crippen molar-refractivity contribution in [1.29, 1.82) is 0 Å². The van der Waals surface area contributed by atoms with Crippen LogP contribution in [-0.4, -0.2) is 52.4 Å². The second-order valence-electron chi connectivity index (χ2n) is 7.67. The van der Waals surface area contributed by atoms with E-state index in [-0.39, 0.29) is 11.8 Å². The molecule has 1 aromatic carbocycles. The summed E-state index contributed by atoms with van der Waals surface area (Å²) in [6, 6.07) is 14.0. The molecule has 1 aliphatic heterocycles. The van der Waals surface area contributed by atoms with Crippen LogP contribution in [0.4, 0.5) is 0 Å². The van der Waals surface area contributed by atoms with Gasteiger partial charge in [-0.15, -0.1) is 5.10 Å². The summed E-state index contributed by atoms with van der Waals surface area (Å²) in [4.78, 5) is 19.3. The molecular weight excluding hydrogens is 380 g/mol. The summed E-state index contributed by atoms with van der Waals surface area (Å²) in [5.41, 5.74) is 1.18. The fourth-order valence-corrected chi connectivity index (χ4v) is 3.99. The Morgan fingerprint density at radius 3 is 2.80 bits per heavy atom. The molecule has 30 heavy (non-hydrogen) atoms. The molecule has 0 aliphatic carbocycles. The van der Waals surface area contributed by atoms with Gasteiger partial charge in [0.15, 0.2) is 5.76 Å². The first-order valence-electron chi connectivity index (χ1n) is 10.5. The summed E-state index contributed by atoms with van der Waals surface area (Å²) in [5.74, 6) is 2.68. The van der Waals surface area contributed by atoms with E-state index >= 15 is 0 Å². The number of amides is 1. The molecule has 0 saturated carbocycles. The fraction of sp³-hybridized carbons (Fsp3) is 0.435. The number of hydrogen-bond acceptors (Lipinski definition) is 5. The molecule has 158 valence electrons. The smallest absolute Gasteiger partial charge is 0.224 e. The third-order valence-corrected chi connectivity index (χ3v) is 5.58. The molecule has 1 saturated heterocycles. The molecule has 7 nitrogen and oxygen atoms in total. The van der Waals surface area contributed by atoms with E-state index in [4.69, 9.17) is 19.2 Å². The maximum absolute atomic E-state index is 12.4. The van der Waals surface area contributed by atoms with E-state index in [1.807, 2.05) is 39.9 Å². The van der Waals surface area contributed by atoms with Gasteiger partial charge >= 0.3 is 0 Å². The summed E-state index contributed by atoms with van der Waals surface area (Å²) >= 11 is 0. The Balaban J connectivity index is 1.55. The average molecular weight is 409 g/mol. The van der Waals surface area contributed by atoms with Crippen LogP contribution in [0.1, 0.15) is 43.0 Å². The molecule has 0 spiro atoms. The molecule has 0 bridgehead atoms. The largest absolute Gasteiger partial charge is 0.461 e. The quantitative estimate of drug-likeness (QED) is 0.596. The zero-order chi connectivity index (χ0) is 20.8. The van der Waals surface area contributed by atoms with Gasteiger partial charge in [-0.25, -0.2) is 9.67 Å². The van der Waals surface area contributed by atoms with Gasteiger partial charge in [0.05, 0.1) is 25.8 Å². The molecule has 2 aromatic heterocycles. The molecule has 1 amide bonds. The number of nitrogens with zero attached hydrogens (tertiary/aromatic N) is 4. The molecule has 1 atom stereocenters. The lowest BCUT2D eigenvalue weighted by Crippen LogP contribution is -2.32.